The van der Waals surface area contributed by atoms with E-state index < -0.39 is 10.1 Å². The molecule has 2 aromatic rings. The van der Waals surface area contributed by atoms with Crippen molar-refractivity contribution in [2.75, 3.05) is 6.26 Å². The van der Waals surface area contributed by atoms with Crippen LogP contribution in [0.4, 0.5) is 0 Å². The molecule has 0 aliphatic heterocycles. The van der Waals surface area contributed by atoms with Crippen LogP contribution in [0.2, 0.25) is 0 Å². The van der Waals surface area contributed by atoms with Crippen LogP contribution in [0.25, 0.3) is 0 Å². The van der Waals surface area contributed by atoms with Gasteiger partial charge in [0.2, 0.25) is 5.88 Å². The van der Waals surface area contributed by atoms with Crippen molar-refractivity contribution in [1.82, 2.24) is 9.97 Å². The second-order valence-electron chi connectivity index (χ2n) is 5.25. The molecule has 1 aromatic heterocycles. The number of rotatable bonds is 7. The lowest BCUT2D eigenvalue weighted by atomic mass is 10.0. The molecule has 0 amide bonds. The number of aryl methyl sites for hydroxylation is 2. The normalized spacial score (nSPS) is 11.4. The minimum absolute atomic E-state index is 0.146. The van der Waals surface area contributed by atoms with Gasteiger partial charge in [0.1, 0.15) is 18.7 Å². The van der Waals surface area contributed by atoms with Crippen molar-refractivity contribution < 1.29 is 17.3 Å². The zero-order valence-electron chi connectivity index (χ0n) is 13.4. The van der Waals surface area contributed by atoms with Crippen LogP contribution in [-0.4, -0.2) is 24.6 Å². The van der Waals surface area contributed by atoms with Crippen LogP contribution in [0.15, 0.2) is 30.6 Å². The molecule has 1 heterocycles. The predicted molar refractivity (Wildman–Crippen MR) is 86.9 cm³/mol. The molecule has 6 nitrogen and oxygen atoms in total. The lowest BCUT2D eigenvalue weighted by molar-refractivity contribution is 0.306. The molecule has 0 radical (unpaired) electrons. The smallest absolute Gasteiger partial charge is 0.264 e. The number of ether oxygens (including phenoxy) is 1. The Morgan fingerprint density at radius 2 is 1.96 bits per heavy atom. The Balaban J connectivity index is 2.12. The van der Waals surface area contributed by atoms with E-state index in [1.165, 1.54) is 17.5 Å². The maximum absolute atomic E-state index is 11.0. The Kier molecular flexibility index (Phi) is 5.68. The molecule has 0 aliphatic carbocycles. The van der Waals surface area contributed by atoms with E-state index in [2.05, 4.69) is 23.8 Å². The van der Waals surface area contributed by atoms with E-state index in [9.17, 15) is 8.42 Å². The second kappa shape index (κ2) is 7.52. The highest BCUT2D eigenvalue weighted by Gasteiger charge is 2.07. The first-order chi connectivity index (χ1) is 10.9. The van der Waals surface area contributed by atoms with Crippen molar-refractivity contribution in [2.24, 2.45) is 0 Å². The van der Waals surface area contributed by atoms with Gasteiger partial charge in [0.05, 0.1) is 11.9 Å². The highest BCUT2D eigenvalue weighted by molar-refractivity contribution is 7.85. The Morgan fingerprint density at radius 3 is 2.65 bits per heavy atom. The molecule has 7 heteroatoms. The maximum atomic E-state index is 11.0. The summed E-state index contributed by atoms with van der Waals surface area (Å²) in [6.45, 7) is 4.05. The Bertz CT molecular complexity index is 775. The molecule has 2 rings (SSSR count). The van der Waals surface area contributed by atoms with Crippen LogP contribution in [0.1, 0.15) is 30.2 Å². The summed E-state index contributed by atoms with van der Waals surface area (Å²) >= 11 is 0. The fourth-order valence-electron chi connectivity index (χ4n) is 2.05. The number of benzene rings is 1. The Hall–Kier alpha value is -1.99. The Labute approximate surface area is 136 Å². The topological polar surface area (TPSA) is 78.4 Å². The zero-order valence-corrected chi connectivity index (χ0v) is 14.3. The molecule has 0 bridgehead atoms. The van der Waals surface area contributed by atoms with Crippen molar-refractivity contribution >= 4 is 10.1 Å². The summed E-state index contributed by atoms with van der Waals surface area (Å²) < 4.78 is 32.5. The van der Waals surface area contributed by atoms with E-state index in [4.69, 9.17) is 8.92 Å². The molecular weight excluding hydrogens is 316 g/mol. The predicted octanol–water partition coefficient (Wildman–Crippen LogP) is 3.01. The number of hydrogen-bond donors (Lipinski definition) is 0. The van der Waals surface area contributed by atoms with Crippen LogP contribution >= 0.6 is 0 Å². The first-order valence-corrected chi connectivity index (χ1v) is 9.11. The average molecular weight is 336 g/mol. The molecule has 0 unspecified atom stereocenters. The molecule has 0 N–H and O–H groups in total. The quantitative estimate of drug-likeness (QED) is 0.723. The number of hydrogen-bond acceptors (Lipinski definition) is 6. The lowest BCUT2D eigenvalue weighted by Crippen LogP contribution is -2.04. The summed E-state index contributed by atoms with van der Waals surface area (Å²) in [5.41, 5.74) is 2.89. The largest absolute Gasteiger partial charge is 0.439 e. The van der Waals surface area contributed by atoms with E-state index in [0.717, 1.165) is 19.1 Å². The van der Waals surface area contributed by atoms with Gasteiger partial charge in [-0.05, 0) is 36.6 Å². The molecular formula is C16H20N2O4S. The lowest BCUT2D eigenvalue weighted by Gasteiger charge is -2.09. The van der Waals surface area contributed by atoms with Crippen molar-refractivity contribution in [2.45, 2.75) is 33.3 Å². The maximum Gasteiger partial charge on any atom is 0.264 e. The van der Waals surface area contributed by atoms with Crippen molar-refractivity contribution in [3.63, 3.8) is 0 Å². The van der Waals surface area contributed by atoms with Gasteiger partial charge < -0.3 is 4.74 Å². The third-order valence-electron chi connectivity index (χ3n) is 3.18. The van der Waals surface area contributed by atoms with E-state index in [0.29, 0.717) is 17.3 Å². The van der Waals surface area contributed by atoms with Crippen molar-refractivity contribution in [3.8, 4) is 11.6 Å². The van der Waals surface area contributed by atoms with E-state index in [1.54, 1.807) is 6.07 Å². The van der Waals surface area contributed by atoms with Gasteiger partial charge in [0.25, 0.3) is 10.1 Å². The van der Waals surface area contributed by atoms with E-state index in [-0.39, 0.29) is 6.61 Å². The highest BCUT2D eigenvalue weighted by atomic mass is 32.2. The summed E-state index contributed by atoms with van der Waals surface area (Å²) in [4.78, 5) is 8.00. The van der Waals surface area contributed by atoms with Crippen LogP contribution < -0.4 is 4.74 Å². The summed E-state index contributed by atoms with van der Waals surface area (Å²) in [5, 5.41) is 0. The first kappa shape index (κ1) is 17.4. The monoisotopic (exact) mass is 336 g/mol. The molecule has 0 saturated heterocycles. The van der Waals surface area contributed by atoms with Gasteiger partial charge >= 0.3 is 0 Å². The highest BCUT2D eigenvalue weighted by Crippen LogP contribution is 2.23. The third kappa shape index (κ3) is 5.61. The van der Waals surface area contributed by atoms with Crippen LogP contribution in [-0.2, 0) is 27.3 Å². The summed E-state index contributed by atoms with van der Waals surface area (Å²) in [6.07, 6.45) is 4.36. The van der Waals surface area contributed by atoms with Gasteiger partial charge in [-0.25, -0.2) is 9.97 Å². The third-order valence-corrected chi connectivity index (χ3v) is 3.73. The molecule has 0 saturated carbocycles. The van der Waals surface area contributed by atoms with Crippen molar-refractivity contribution in [3.05, 3.63) is 47.4 Å². The van der Waals surface area contributed by atoms with Crippen LogP contribution in [0.5, 0.6) is 11.6 Å². The molecule has 0 spiro atoms. The molecule has 0 fully saturated rings. The van der Waals surface area contributed by atoms with Gasteiger partial charge in [0.15, 0.2) is 0 Å². The van der Waals surface area contributed by atoms with E-state index >= 15 is 0 Å². The van der Waals surface area contributed by atoms with E-state index in [1.807, 2.05) is 18.2 Å². The minimum atomic E-state index is -3.51. The minimum Gasteiger partial charge on any atom is -0.439 e. The zero-order chi connectivity index (χ0) is 16.9. The average Bonchev–Trinajstić information content (AvgIpc) is 2.49. The van der Waals surface area contributed by atoms with Crippen molar-refractivity contribution in [1.29, 1.82) is 0 Å². The van der Waals surface area contributed by atoms with Crippen LogP contribution in [0.3, 0.4) is 0 Å². The molecule has 0 aliphatic rings. The molecule has 0 atom stereocenters. The fourth-order valence-corrected chi connectivity index (χ4v) is 2.38. The van der Waals surface area contributed by atoms with Gasteiger partial charge in [0, 0.05) is 6.07 Å². The second-order valence-corrected chi connectivity index (χ2v) is 6.90. The standard InChI is InChI=1S/C16H20N2O4S/c1-4-5-13-8-15(7-6-12(13)2)22-16-9-14(17-11-18-16)10-21-23(3,19)20/h6-9,11H,4-5,10H2,1-3H3. The molecule has 23 heavy (non-hydrogen) atoms. The summed E-state index contributed by atoms with van der Waals surface area (Å²) in [7, 11) is -3.51. The van der Waals surface area contributed by atoms with Crippen LogP contribution in [0, 0.1) is 6.92 Å². The SMILES string of the molecule is CCCc1cc(Oc2cc(COS(C)(=O)=O)ncn2)ccc1C. The number of aromatic nitrogens is 2. The van der Waals surface area contributed by atoms with Gasteiger partial charge in [-0.15, -0.1) is 0 Å². The summed E-state index contributed by atoms with van der Waals surface area (Å²) in [6, 6.07) is 7.44. The van der Waals surface area contributed by atoms with Gasteiger partial charge in [-0.2, -0.15) is 8.42 Å². The molecule has 124 valence electrons. The first-order valence-electron chi connectivity index (χ1n) is 7.30. The molecule has 1 aromatic carbocycles. The Morgan fingerprint density at radius 1 is 1.17 bits per heavy atom. The fraction of sp³-hybridized carbons (Fsp3) is 0.375. The van der Waals surface area contributed by atoms with Gasteiger partial charge in [-0.1, -0.05) is 19.4 Å². The van der Waals surface area contributed by atoms with Gasteiger partial charge in [-0.3, -0.25) is 4.18 Å². The number of nitrogens with zero attached hydrogens (tertiary/aromatic N) is 2. The summed E-state index contributed by atoms with van der Waals surface area (Å²) in [5.74, 6) is 1.03.